The van der Waals surface area contributed by atoms with Crippen LogP contribution in [0.25, 0.3) is 0 Å². The van der Waals surface area contributed by atoms with E-state index >= 15 is 0 Å². The number of rotatable bonds is 6. The van der Waals surface area contributed by atoms with Crippen LogP contribution in [0.15, 0.2) is 11.4 Å². The normalized spacial score (nSPS) is 15.3. The summed E-state index contributed by atoms with van der Waals surface area (Å²) in [5.41, 5.74) is -1.52. The first-order valence-corrected chi connectivity index (χ1v) is 9.40. The molecule has 1 N–H and O–H groups in total. The number of alkyl halides is 4. The average Bonchev–Trinajstić information content (AvgIpc) is 3.28. The monoisotopic (exact) mass is 436 g/mol. The molecule has 13 heteroatoms. The number of thiazole rings is 1. The van der Waals surface area contributed by atoms with Crippen LogP contribution in [0.5, 0.6) is 5.88 Å². The second-order valence-electron chi connectivity index (χ2n) is 6.30. The first-order valence-electron chi connectivity index (χ1n) is 8.52. The van der Waals surface area contributed by atoms with Crippen molar-refractivity contribution < 1.29 is 37.0 Å². The minimum absolute atomic E-state index is 0.00181. The van der Waals surface area contributed by atoms with Crippen molar-refractivity contribution in [1.82, 2.24) is 19.7 Å². The smallest absolute Gasteiger partial charge is 0.449 e. The minimum atomic E-state index is -3.03. The van der Waals surface area contributed by atoms with Crippen molar-refractivity contribution in [3.63, 3.8) is 0 Å². The van der Waals surface area contributed by atoms with E-state index in [1.165, 1.54) is 21.6 Å². The molecule has 0 saturated carbocycles. The van der Waals surface area contributed by atoms with Gasteiger partial charge in [-0.3, -0.25) is 9.48 Å². The van der Waals surface area contributed by atoms with Crippen molar-refractivity contribution in [3.8, 4) is 5.88 Å². The Kier molecular flexibility index (Phi) is 6.35. The quantitative estimate of drug-likeness (QED) is 0.548. The Labute approximate surface area is 165 Å². The van der Waals surface area contributed by atoms with Crippen LogP contribution in [0.2, 0.25) is 0 Å². The third-order valence-corrected chi connectivity index (χ3v) is 5.44. The second-order valence-corrected chi connectivity index (χ2v) is 7.19. The number of ether oxygens (including phenoxy) is 1. The number of amides is 1. The first-order chi connectivity index (χ1) is 13.7. The molecule has 1 saturated heterocycles. The number of carbonyl (C=O) groups is 2. The molecule has 3 rings (SSSR count). The molecule has 2 aromatic rings. The van der Waals surface area contributed by atoms with E-state index in [0.29, 0.717) is 41.7 Å². The van der Waals surface area contributed by atoms with Crippen LogP contribution < -0.4 is 4.74 Å². The molecule has 29 heavy (non-hydrogen) atoms. The summed E-state index contributed by atoms with van der Waals surface area (Å²) < 4.78 is 56.6. The molecule has 0 aromatic carbocycles. The van der Waals surface area contributed by atoms with Gasteiger partial charge in [0.2, 0.25) is 11.8 Å². The molecule has 2 aromatic heterocycles. The third kappa shape index (κ3) is 5.02. The lowest BCUT2D eigenvalue weighted by Gasteiger charge is -2.31. The van der Waals surface area contributed by atoms with Gasteiger partial charge in [-0.1, -0.05) is 0 Å². The van der Waals surface area contributed by atoms with Gasteiger partial charge in [-0.15, -0.1) is 11.3 Å². The fourth-order valence-electron chi connectivity index (χ4n) is 3.06. The van der Waals surface area contributed by atoms with E-state index in [0.717, 1.165) is 0 Å². The van der Waals surface area contributed by atoms with E-state index in [4.69, 9.17) is 5.11 Å². The van der Waals surface area contributed by atoms with Gasteiger partial charge >= 0.3 is 6.16 Å². The van der Waals surface area contributed by atoms with Crippen molar-refractivity contribution in [3.05, 3.63) is 27.8 Å². The SMILES string of the molecule is O=C(O)Oc1csc(C2CCN(C(=O)Cn3nc(C(F)F)cc3C(F)F)CC2)n1. The standard InChI is InChI=1S/C16H16F4N4O4S/c17-13(18)9-5-10(14(19)20)24(22-9)6-12(25)23-3-1-8(2-4-23)15-21-11(7-29-15)28-16(26)27/h5,7-8,13-14H,1-4,6H2,(H,26,27). The van der Waals surface area contributed by atoms with Crippen molar-refractivity contribution in [2.75, 3.05) is 13.1 Å². The molecule has 0 atom stereocenters. The van der Waals surface area contributed by atoms with Gasteiger partial charge in [0, 0.05) is 19.0 Å². The van der Waals surface area contributed by atoms with Gasteiger partial charge in [-0.05, 0) is 18.9 Å². The number of hydrogen-bond acceptors (Lipinski definition) is 6. The Morgan fingerprint density at radius 2 is 1.93 bits per heavy atom. The molecule has 158 valence electrons. The lowest BCUT2D eigenvalue weighted by Crippen LogP contribution is -2.40. The fourth-order valence-corrected chi connectivity index (χ4v) is 3.95. The summed E-state index contributed by atoms with van der Waals surface area (Å²) >= 11 is 1.25. The summed E-state index contributed by atoms with van der Waals surface area (Å²) in [6.45, 7) is 0.0985. The topological polar surface area (TPSA) is 97.6 Å². The van der Waals surface area contributed by atoms with Crippen molar-refractivity contribution in [1.29, 1.82) is 0 Å². The molecular weight excluding hydrogens is 420 g/mol. The van der Waals surface area contributed by atoms with Gasteiger partial charge in [0.25, 0.3) is 12.9 Å². The zero-order chi connectivity index (χ0) is 21.1. The Hall–Kier alpha value is -2.70. The molecule has 0 bridgehead atoms. The molecule has 1 amide bonds. The van der Waals surface area contributed by atoms with Crippen molar-refractivity contribution in [2.45, 2.75) is 38.2 Å². The zero-order valence-electron chi connectivity index (χ0n) is 14.8. The number of halogens is 4. The van der Waals surface area contributed by atoms with E-state index in [-0.39, 0.29) is 11.8 Å². The summed E-state index contributed by atoms with van der Waals surface area (Å²) in [5.74, 6) is -0.505. The number of carboxylic acid groups (broad SMARTS) is 1. The van der Waals surface area contributed by atoms with E-state index in [2.05, 4.69) is 14.8 Å². The second kappa shape index (κ2) is 8.76. The molecule has 3 heterocycles. The van der Waals surface area contributed by atoms with Crippen LogP contribution in [-0.2, 0) is 11.3 Å². The number of piperidine rings is 1. The molecule has 0 radical (unpaired) electrons. The van der Waals surface area contributed by atoms with Gasteiger partial charge in [-0.25, -0.2) is 27.3 Å². The van der Waals surface area contributed by atoms with Crippen LogP contribution in [0, 0.1) is 0 Å². The van der Waals surface area contributed by atoms with Crippen LogP contribution in [0.1, 0.15) is 48.0 Å². The Bertz CT molecular complexity index is 880. The van der Waals surface area contributed by atoms with Crippen molar-refractivity contribution in [2.24, 2.45) is 0 Å². The van der Waals surface area contributed by atoms with E-state index in [9.17, 15) is 27.2 Å². The highest BCUT2D eigenvalue weighted by atomic mass is 32.1. The number of hydrogen-bond donors (Lipinski definition) is 1. The lowest BCUT2D eigenvalue weighted by atomic mass is 9.97. The average molecular weight is 436 g/mol. The lowest BCUT2D eigenvalue weighted by molar-refractivity contribution is -0.133. The summed E-state index contributed by atoms with van der Waals surface area (Å²) in [6, 6.07) is 0.605. The van der Waals surface area contributed by atoms with Crippen LogP contribution in [0.3, 0.4) is 0 Å². The predicted molar refractivity (Wildman–Crippen MR) is 91.5 cm³/mol. The first kappa shape index (κ1) is 21.0. The van der Waals surface area contributed by atoms with Gasteiger partial charge in [0.05, 0.1) is 10.4 Å². The predicted octanol–water partition coefficient (Wildman–Crippen LogP) is 3.68. The number of nitrogens with zero attached hydrogens (tertiary/aromatic N) is 4. The van der Waals surface area contributed by atoms with Crippen LogP contribution in [-0.4, -0.2) is 49.9 Å². The fraction of sp³-hybridized carbons (Fsp3) is 0.500. The maximum atomic E-state index is 13.0. The maximum absolute atomic E-state index is 13.0. The highest BCUT2D eigenvalue weighted by Gasteiger charge is 2.28. The van der Waals surface area contributed by atoms with E-state index < -0.39 is 42.8 Å². The number of carbonyl (C=O) groups excluding carboxylic acids is 1. The van der Waals surface area contributed by atoms with Gasteiger partial charge in [-0.2, -0.15) is 5.10 Å². The Morgan fingerprint density at radius 3 is 2.52 bits per heavy atom. The Balaban J connectivity index is 1.59. The molecule has 0 aliphatic carbocycles. The summed E-state index contributed by atoms with van der Waals surface area (Å²) in [6.07, 6.45) is -6.42. The molecule has 8 nitrogen and oxygen atoms in total. The van der Waals surface area contributed by atoms with E-state index in [1.807, 2.05) is 0 Å². The van der Waals surface area contributed by atoms with Gasteiger partial charge < -0.3 is 14.7 Å². The zero-order valence-corrected chi connectivity index (χ0v) is 15.6. The highest BCUT2D eigenvalue weighted by molar-refractivity contribution is 7.09. The molecule has 0 unspecified atom stereocenters. The molecular formula is C16H16F4N4O4S. The summed E-state index contributed by atoms with van der Waals surface area (Å²) in [5, 5.41) is 14.2. The number of aromatic nitrogens is 3. The maximum Gasteiger partial charge on any atom is 0.512 e. The molecule has 1 aliphatic heterocycles. The van der Waals surface area contributed by atoms with Gasteiger partial charge in [0.15, 0.2) is 0 Å². The molecule has 0 spiro atoms. The highest BCUT2D eigenvalue weighted by Crippen LogP contribution is 2.32. The van der Waals surface area contributed by atoms with E-state index in [1.54, 1.807) is 0 Å². The van der Waals surface area contributed by atoms with Crippen LogP contribution in [0.4, 0.5) is 22.4 Å². The molecule has 1 fully saturated rings. The van der Waals surface area contributed by atoms with Gasteiger partial charge in [0.1, 0.15) is 17.9 Å². The summed E-state index contributed by atoms with van der Waals surface area (Å²) in [4.78, 5) is 28.5. The van der Waals surface area contributed by atoms with Crippen molar-refractivity contribution >= 4 is 23.4 Å². The largest absolute Gasteiger partial charge is 0.512 e. The summed E-state index contributed by atoms with van der Waals surface area (Å²) in [7, 11) is 0. The number of likely N-dealkylation sites (tertiary alicyclic amines) is 1. The Morgan fingerprint density at radius 1 is 1.24 bits per heavy atom. The minimum Gasteiger partial charge on any atom is -0.449 e. The van der Waals surface area contributed by atoms with Crippen LogP contribution >= 0.6 is 11.3 Å². The third-order valence-electron chi connectivity index (χ3n) is 4.45. The molecule has 1 aliphatic rings.